The van der Waals surface area contributed by atoms with Gasteiger partial charge in [0.25, 0.3) is 11.8 Å². The van der Waals surface area contributed by atoms with Gasteiger partial charge in [0.2, 0.25) is 5.17 Å². The number of nitrogens with two attached hydrogens (primary N) is 1. The maximum Gasteiger partial charge on any atom is 0.265 e. The fourth-order valence-electron chi connectivity index (χ4n) is 1.84. The maximum absolute atomic E-state index is 12.2. The van der Waals surface area contributed by atoms with Crippen LogP contribution in [0.4, 0.5) is 0 Å². The van der Waals surface area contributed by atoms with E-state index in [2.05, 4.69) is 10.1 Å². The van der Waals surface area contributed by atoms with Crippen LogP contribution in [-0.4, -0.2) is 27.2 Å². The molecule has 2 N–H and O–H groups in total. The first-order chi connectivity index (χ1) is 7.55. The maximum atomic E-state index is 12.2. The average Bonchev–Trinajstić information content (AvgIpc) is 2.61. The summed E-state index contributed by atoms with van der Waals surface area (Å²) in [5, 5.41) is 5.53. The summed E-state index contributed by atoms with van der Waals surface area (Å²) in [6.07, 6.45) is 0.850. The van der Waals surface area contributed by atoms with E-state index in [1.165, 1.54) is 0 Å². The molecule has 2 heterocycles. The summed E-state index contributed by atoms with van der Waals surface area (Å²) in [5.41, 5.74) is 4.44. The Hall–Kier alpha value is -1.37. The molecular formula is C9H12N4O2S. The van der Waals surface area contributed by atoms with Gasteiger partial charge >= 0.3 is 0 Å². The van der Waals surface area contributed by atoms with Crippen molar-refractivity contribution < 1.29 is 9.59 Å². The highest BCUT2D eigenvalue weighted by Crippen LogP contribution is 2.37. The van der Waals surface area contributed by atoms with E-state index in [1.54, 1.807) is 13.8 Å². The van der Waals surface area contributed by atoms with Crippen LogP contribution in [0.2, 0.25) is 0 Å². The van der Waals surface area contributed by atoms with Gasteiger partial charge in [-0.3, -0.25) is 9.59 Å². The van der Waals surface area contributed by atoms with E-state index in [1.807, 2.05) is 0 Å². The highest BCUT2D eigenvalue weighted by atomic mass is 32.2. The van der Waals surface area contributed by atoms with Crippen molar-refractivity contribution >= 4 is 33.9 Å². The lowest BCUT2D eigenvalue weighted by Gasteiger charge is -2.32. The van der Waals surface area contributed by atoms with Crippen molar-refractivity contribution in [1.82, 2.24) is 5.01 Å². The fourth-order valence-corrected chi connectivity index (χ4v) is 2.49. The molecule has 0 aromatic heterocycles. The smallest absolute Gasteiger partial charge is 0.265 e. The van der Waals surface area contributed by atoms with Crippen molar-refractivity contribution in [3.8, 4) is 0 Å². The molecule has 7 heteroatoms. The first-order valence-corrected chi connectivity index (χ1v) is 5.86. The van der Waals surface area contributed by atoms with Gasteiger partial charge in [0.1, 0.15) is 5.41 Å². The number of aliphatic imine (C=N–C) groups is 1. The van der Waals surface area contributed by atoms with E-state index in [4.69, 9.17) is 5.73 Å². The highest BCUT2D eigenvalue weighted by Gasteiger charge is 2.51. The summed E-state index contributed by atoms with van der Waals surface area (Å²) in [5.74, 6) is -0.702. The second kappa shape index (κ2) is 3.58. The van der Waals surface area contributed by atoms with E-state index < -0.39 is 5.41 Å². The summed E-state index contributed by atoms with van der Waals surface area (Å²) in [4.78, 5) is 28.0. The number of carbonyl (C=O) groups excluding carboxylic acids is 2. The van der Waals surface area contributed by atoms with Gasteiger partial charge in [0, 0.05) is 0 Å². The summed E-state index contributed by atoms with van der Waals surface area (Å²) in [6, 6.07) is 0. The van der Waals surface area contributed by atoms with Crippen LogP contribution in [0.3, 0.4) is 0 Å². The number of amidine groups is 2. The normalized spacial score (nSPS) is 23.0. The Kier molecular flexibility index (Phi) is 2.49. The number of thioether (sulfide) groups is 1. The number of hydrogen-bond donors (Lipinski definition) is 1. The van der Waals surface area contributed by atoms with Crippen molar-refractivity contribution in [3.63, 3.8) is 0 Å². The molecule has 2 amide bonds. The lowest BCUT2D eigenvalue weighted by atomic mass is 9.79. The Morgan fingerprint density at radius 3 is 2.56 bits per heavy atom. The van der Waals surface area contributed by atoms with Gasteiger partial charge in [-0.2, -0.15) is 10.0 Å². The molecule has 0 aliphatic carbocycles. The predicted molar refractivity (Wildman–Crippen MR) is 61.5 cm³/mol. The van der Waals surface area contributed by atoms with Gasteiger partial charge in [-0.1, -0.05) is 13.8 Å². The Morgan fingerprint density at radius 2 is 2.00 bits per heavy atom. The molecule has 0 spiro atoms. The Morgan fingerprint density at radius 1 is 1.38 bits per heavy atom. The molecule has 0 fully saturated rings. The monoisotopic (exact) mass is 240 g/mol. The van der Waals surface area contributed by atoms with Crippen LogP contribution in [0.25, 0.3) is 0 Å². The van der Waals surface area contributed by atoms with Crippen molar-refractivity contribution in [1.29, 1.82) is 0 Å². The van der Waals surface area contributed by atoms with E-state index in [0.717, 1.165) is 16.8 Å². The molecule has 0 saturated carbocycles. The largest absolute Gasteiger partial charge is 0.376 e. The standard InChI is InChI=1S/C9H12N4O2S/c1-3-9(4-2)5(14)11-8-13(6(9)15)12-7(10)16-8/h3-4H2,1-2H3,(H2,10,12). The van der Waals surface area contributed by atoms with Crippen molar-refractivity contribution in [2.24, 2.45) is 21.2 Å². The first kappa shape index (κ1) is 11.1. The minimum Gasteiger partial charge on any atom is -0.376 e. The Balaban J connectivity index is 2.49. The van der Waals surface area contributed by atoms with Crippen LogP contribution < -0.4 is 5.73 Å². The lowest BCUT2D eigenvalue weighted by Crippen LogP contribution is -2.50. The zero-order chi connectivity index (χ0) is 11.9. The molecule has 0 unspecified atom stereocenters. The average molecular weight is 240 g/mol. The lowest BCUT2D eigenvalue weighted by molar-refractivity contribution is -0.148. The van der Waals surface area contributed by atoms with Crippen LogP contribution >= 0.6 is 11.8 Å². The summed E-state index contributed by atoms with van der Waals surface area (Å²) >= 11 is 1.04. The van der Waals surface area contributed by atoms with Crippen molar-refractivity contribution in [2.75, 3.05) is 0 Å². The highest BCUT2D eigenvalue weighted by molar-refractivity contribution is 8.26. The van der Waals surface area contributed by atoms with Gasteiger partial charge in [-0.15, -0.1) is 5.10 Å². The minimum absolute atomic E-state index is 0.239. The van der Waals surface area contributed by atoms with E-state index in [0.29, 0.717) is 12.8 Å². The molecule has 2 aliphatic rings. The molecular weight excluding hydrogens is 228 g/mol. The summed E-state index contributed by atoms with van der Waals surface area (Å²) < 4.78 is 0. The number of rotatable bonds is 2. The number of carbonyl (C=O) groups is 2. The number of hydrogen-bond acceptors (Lipinski definition) is 5. The van der Waals surface area contributed by atoms with E-state index in [-0.39, 0.29) is 22.1 Å². The number of amides is 2. The van der Waals surface area contributed by atoms with Crippen LogP contribution in [-0.2, 0) is 9.59 Å². The topological polar surface area (TPSA) is 88.1 Å². The predicted octanol–water partition coefficient (Wildman–Crippen LogP) is 0.494. The second-order valence-electron chi connectivity index (χ2n) is 3.65. The Labute approximate surface area is 97.0 Å². The third-order valence-electron chi connectivity index (χ3n) is 2.99. The molecule has 0 saturated heterocycles. The fraction of sp³-hybridized carbons (Fsp3) is 0.556. The van der Waals surface area contributed by atoms with E-state index >= 15 is 0 Å². The Bertz CT molecular complexity index is 425. The third kappa shape index (κ3) is 1.27. The number of fused-ring (bicyclic) bond motifs is 1. The van der Waals surface area contributed by atoms with Gasteiger partial charge in [0.15, 0.2) is 5.17 Å². The number of hydrazone groups is 1. The zero-order valence-electron chi connectivity index (χ0n) is 9.06. The molecule has 0 aromatic carbocycles. The number of nitrogens with zero attached hydrogens (tertiary/aromatic N) is 3. The first-order valence-electron chi connectivity index (χ1n) is 5.04. The third-order valence-corrected chi connectivity index (χ3v) is 3.73. The quantitative estimate of drug-likeness (QED) is 0.712. The van der Waals surface area contributed by atoms with Crippen molar-refractivity contribution in [2.45, 2.75) is 26.7 Å². The van der Waals surface area contributed by atoms with Crippen LogP contribution in [0.5, 0.6) is 0 Å². The van der Waals surface area contributed by atoms with Gasteiger partial charge in [-0.05, 0) is 24.6 Å². The molecule has 6 nitrogen and oxygen atoms in total. The van der Waals surface area contributed by atoms with Gasteiger partial charge < -0.3 is 5.73 Å². The molecule has 0 aromatic rings. The molecule has 86 valence electrons. The zero-order valence-corrected chi connectivity index (χ0v) is 9.87. The van der Waals surface area contributed by atoms with Gasteiger partial charge in [-0.25, -0.2) is 0 Å². The summed E-state index contributed by atoms with van der Waals surface area (Å²) in [7, 11) is 0. The second-order valence-corrected chi connectivity index (χ2v) is 4.63. The molecule has 0 atom stereocenters. The molecule has 2 rings (SSSR count). The minimum atomic E-state index is -1.06. The summed E-state index contributed by atoms with van der Waals surface area (Å²) in [6.45, 7) is 3.60. The van der Waals surface area contributed by atoms with Crippen molar-refractivity contribution in [3.05, 3.63) is 0 Å². The van der Waals surface area contributed by atoms with E-state index in [9.17, 15) is 9.59 Å². The van der Waals surface area contributed by atoms with Crippen LogP contribution in [0.1, 0.15) is 26.7 Å². The molecule has 0 radical (unpaired) electrons. The molecule has 2 aliphatic heterocycles. The van der Waals surface area contributed by atoms with Crippen LogP contribution in [0, 0.1) is 5.41 Å². The SMILES string of the molecule is CCC1(CC)C(=O)N=C2SC(N)=NN2C1=O. The molecule has 0 bridgehead atoms. The van der Waals surface area contributed by atoms with Gasteiger partial charge in [0.05, 0.1) is 0 Å². The van der Waals surface area contributed by atoms with Crippen LogP contribution in [0.15, 0.2) is 10.1 Å². The molecule has 16 heavy (non-hydrogen) atoms.